The Morgan fingerprint density at radius 2 is 2.00 bits per heavy atom. The summed E-state index contributed by atoms with van der Waals surface area (Å²) in [4.78, 5) is 8.26. The summed E-state index contributed by atoms with van der Waals surface area (Å²) in [5, 5.41) is 0. The molecule has 4 nitrogen and oxygen atoms in total. The van der Waals surface area contributed by atoms with E-state index in [0.29, 0.717) is 5.82 Å². The molecule has 0 saturated carbocycles. The van der Waals surface area contributed by atoms with E-state index in [9.17, 15) is 0 Å². The Hall–Kier alpha value is -1.58. The van der Waals surface area contributed by atoms with E-state index < -0.39 is 0 Å². The molecule has 0 aromatic carbocycles. The molecular formula is C10H14N4. The van der Waals surface area contributed by atoms with Crippen molar-refractivity contribution >= 4 is 11.5 Å². The van der Waals surface area contributed by atoms with Gasteiger partial charge in [-0.05, 0) is 0 Å². The number of fused-ring (bicyclic) bond motifs is 1. The van der Waals surface area contributed by atoms with Crippen LogP contribution in [-0.2, 0) is 5.41 Å². The van der Waals surface area contributed by atoms with Gasteiger partial charge in [-0.15, -0.1) is 0 Å². The highest BCUT2D eigenvalue weighted by Gasteiger charge is 2.19. The third kappa shape index (κ3) is 1.23. The lowest BCUT2D eigenvalue weighted by Crippen LogP contribution is -2.14. The Labute approximate surface area is 82.8 Å². The van der Waals surface area contributed by atoms with Gasteiger partial charge in [0.05, 0.1) is 0 Å². The Morgan fingerprint density at radius 3 is 2.64 bits per heavy atom. The number of rotatable bonds is 0. The summed E-state index contributed by atoms with van der Waals surface area (Å²) >= 11 is 0. The Balaban J connectivity index is 2.76. The van der Waals surface area contributed by atoms with Gasteiger partial charge in [0.25, 0.3) is 0 Å². The highest BCUT2D eigenvalue weighted by atomic mass is 15.1. The van der Waals surface area contributed by atoms with Gasteiger partial charge in [0.2, 0.25) is 0 Å². The second-order valence-electron chi connectivity index (χ2n) is 4.40. The number of hydrogen-bond acceptors (Lipinski definition) is 3. The number of hydrogen-bond donors (Lipinski definition) is 1. The van der Waals surface area contributed by atoms with Crippen LogP contribution in [-0.4, -0.2) is 14.4 Å². The third-order valence-corrected chi connectivity index (χ3v) is 2.22. The summed E-state index contributed by atoms with van der Waals surface area (Å²) in [6.07, 6.45) is 5.44. The summed E-state index contributed by atoms with van der Waals surface area (Å²) in [5.74, 6) is 0.475. The molecule has 0 aliphatic heterocycles. The first-order chi connectivity index (χ1) is 6.50. The van der Waals surface area contributed by atoms with E-state index in [1.165, 1.54) is 0 Å². The Morgan fingerprint density at radius 1 is 1.29 bits per heavy atom. The molecule has 2 aromatic rings. The predicted molar refractivity (Wildman–Crippen MR) is 56.1 cm³/mol. The molecule has 2 rings (SSSR count). The van der Waals surface area contributed by atoms with Gasteiger partial charge in [0.1, 0.15) is 0 Å². The van der Waals surface area contributed by atoms with Gasteiger partial charge in [0.15, 0.2) is 11.5 Å². The molecule has 74 valence electrons. The minimum atomic E-state index is 0.0627. The molecular weight excluding hydrogens is 176 g/mol. The van der Waals surface area contributed by atoms with Gasteiger partial charge < -0.3 is 5.73 Å². The molecule has 2 heterocycles. The van der Waals surface area contributed by atoms with Crippen molar-refractivity contribution in [1.82, 2.24) is 14.4 Å². The number of anilines is 1. The summed E-state index contributed by atoms with van der Waals surface area (Å²) in [6.45, 7) is 6.44. The van der Waals surface area contributed by atoms with Crippen molar-refractivity contribution in [2.75, 3.05) is 5.73 Å². The van der Waals surface area contributed by atoms with Gasteiger partial charge in [-0.25, -0.2) is 9.97 Å². The molecule has 0 fully saturated rings. The molecule has 2 N–H and O–H groups in total. The minimum Gasteiger partial charge on any atom is -0.381 e. The number of nitrogen functional groups attached to an aromatic ring is 1. The average molecular weight is 190 g/mol. The quantitative estimate of drug-likeness (QED) is 0.686. The van der Waals surface area contributed by atoms with Crippen LogP contribution in [0.15, 0.2) is 18.6 Å². The first-order valence-corrected chi connectivity index (χ1v) is 4.58. The van der Waals surface area contributed by atoms with Gasteiger partial charge in [0, 0.05) is 29.7 Å². The molecule has 0 aliphatic carbocycles. The molecule has 0 unspecified atom stereocenters. The first-order valence-electron chi connectivity index (χ1n) is 4.58. The van der Waals surface area contributed by atoms with Crippen LogP contribution in [0.5, 0.6) is 0 Å². The Bertz CT molecular complexity index is 464. The molecule has 0 atom stereocenters. The maximum atomic E-state index is 5.72. The fourth-order valence-corrected chi connectivity index (χ4v) is 1.49. The summed E-state index contributed by atoms with van der Waals surface area (Å²) in [6, 6.07) is 0. The second kappa shape index (κ2) is 2.70. The lowest BCUT2D eigenvalue weighted by atomic mass is 9.93. The van der Waals surface area contributed by atoms with Crippen LogP contribution in [0.1, 0.15) is 26.5 Å². The molecule has 0 bridgehead atoms. The topological polar surface area (TPSA) is 56.2 Å². The van der Waals surface area contributed by atoms with Crippen LogP contribution >= 0.6 is 0 Å². The van der Waals surface area contributed by atoms with Crippen molar-refractivity contribution in [1.29, 1.82) is 0 Å². The molecule has 0 radical (unpaired) electrons. The second-order valence-corrected chi connectivity index (χ2v) is 4.40. The van der Waals surface area contributed by atoms with E-state index in [4.69, 9.17) is 5.73 Å². The maximum absolute atomic E-state index is 5.72. The van der Waals surface area contributed by atoms with Crippen molar-refractivity contribution in [2.45, 2.75) is 26.2 Å². The van der Waals surface area contributed by atoms with E-state index in [0.717, 1.165) is 11.3 Å². The van der Waals surface area contributed by atoms with Gasteiger partial charge >= 0.3 is 0 Å². The number of imidazole rings is 1. The van der Waals surface area contributed by atoms with Crippen LogP contribution in [0, 0.1) is 0 Å². The van der Waals surface area contributed by atoms with Crippen molar-refractivity contribution in [3.05, 3.63) is 24.3 Å². The molecule has 4 heteroatoms. The van der Waals surface area contributed by atoms with Gasteiger partial charge in [-0.3, -0.25) is 4.40 Å². The lowest BCUT2D eigenvalue weighted by Gasteiger charge is -2.17. The van der Waals surface area contributed by atoms with Crippen LogP contribution in [0.4, 0.5) is 5.82 Å². The van der Waals surface area contributed by atoms with Gasteiger partial charge in [-0.1, -0.05) is 20.8 Å². The van der Waals surface area contributed by atoms with Crippen LogP contribution < -0.4 is 5.73 Å². The zero-order valence-electron chi connectivity index (χ0n) is 8.65. The largest absolute Gasteiger partial charge is 0.381 e. The van der Waals surface area contributed by atoms with Crippen LogP contribution in [0.2, 0.25) is 0 Å². The fourth-order valence-electron chi connectivity index (χ4n) is 1.49. The highest BCUT2D eigenvalue weighted by molar-refractivity contribution is 5.60. The van der Waals surface area contributed by atoms with Crippen molar-refractivity contribution < 1.29 is 0 Å². The SMILES string of the molecule is CC(C)(C)c1cnc2c(N)nccn12. The number of nitrogens with two attached hydrogens (primary N) is 1. The highest BCUT2D eigenvalue weighted by Crippen LogP contribution is 2.23. The first kappa shape index (κ1) is 8.99. The zero-order chi connectivity index (χ0) is 10.3. The van der Waals surface area contributed by atoms with Gasteiger partial charge in [-0.2, -0.15) is 0 Å². The summed E-state index contributed by atoms with van der Waals surface area (Å²) in [5.41, 5.74) is 7.66. The minimum absolute atomic E-state index is 0.0627. The van der Waals surface area contributed by atoms with E-state index in [1.807, 2.05) is 16.8 Å². The van der Waals surface area contributed by atoms with E-state index in [-0.39, 0.29) is 5.41 Å². The predicted octanol–water partition coefficient (Wildman–Crippen LogP) is 1.61. The molecule has 2 aromatic heterocycles. The Kier molecular flexibility index (Phi) is 1.74. The summed E-state index contributed by atoms with van der Waals surface area (Å²) < 4.78 is 1.99. The lowest BCUT2D eigenvalue weighted by molar-refractivity contribution is 0.563. The smallest absolute Gasteiger partial charge is 0.180 e. The standard InChI is InChI=1S/C10H14N4/c1-10(2,3)7-6-13-9-8(11)12-4-5-14(7)9/h4-6H,1-3H3,(H2,11,12). The summed E-state index contributed by atoms with van der Waals surface area (Å²) in [7, 11) is 0. The zero-order valence-corrected chi connectivity index (χ0v) is 8.65. The molecule has 0 saturated heterocycles. The fraction of sp³-hybridized carbons (Fsp3) is 0.400. The van der Waals surface area contributed by atoms with E-state index >= 15 is 0 Å². The molecule has 14 heavy (non-hydrogen) atoms. The molecule has 0 spiro atoms. The maximum Gasteiger partial charge on any atom is 0.180 e. The normalized spacial score (nSPS) is 12.2. The van der Waals surface area contributed by atoms with Crippen LogP contribution in [0.3, 0.4) is 0 Å². The van der Waals surface area contributed by atoms with E-state index in [1.54, 1.807) is 6.20 Å². The van der Waals surface area contributed by atoms with Crippen molar-refractivity contribution in [2.24, 2.45) is 0 Å². The molecule has 0 aliphatic rings. The van der Waals surface area contributed by atoms with Crippen molar-refractivity contribution in [3.63, 3.8) is 0 Å². The molecule has 0 amide bonds. The third-order valence-electron chi connectivity index (χ3n) is 2.22. The number of aromatic nitrogens is 3. The van der Waals surface area contributed by atoms with Crippen LogP contribution in [0.25, 0.3) is 5.65 Å². The average Bonchev–Trinajstić information content (AvgIpc) is 2.47. The monoisotopic (exact) mass is 190 g/mol. The van der Waals surface area contributed by atoms with E-state index in [2.05, 4.69) is 30.7 Å². The number of nitrogens with zero attached hydrogens (tertiary/aromatic N) is 3. The van der Waals surface area contributed by atoms with Crippen molar-refractivity contribution in [3.8, 4) is 0 Å².